The molecule has 0 aliphatic heterocycles. The Morgan fingerprint density at radius 1 is 1.05 bits per heavy atom. The van der Waals surface area contributed by atoms with E-state index in [-0.39, 0.29) is 5.82 Å². The van der Waals surface area contributed by atoms with Gasteiger partial charge in [0.2, 0.25) is 0 Å². The first kappa shape index (κ1) is 15.2. The van der Waals surface area contributed by atoms with Gasteiger partial charge in [-0.05, 0) is 29.3 Å². The zero-order valence-corrected chi connectivity index (χ0v) is 12.9. The van der Waals surface area contributed by atoms with Crippen LogP contribution in [0.2, 0.25) is 0 Å². The fraction of sp³-hybridized carbons (Fsp3) is 0.250. The summed E-state index contributed by atoms with van der Waals surface area (Å²) in [6, 6.07) is 13.2. The highest BCUT2D eigenvalue weighted by Gasteiger charge is 2.02. The standard InChI is InChI=1S/C16H17BrFNO/c1-20-11-13-4-2-12(3-5-13)9-19-10-14-8-15(17)6-7-16(14)18/h2-8,19H,9-11H2,1H3. The van der Waals surface area contributed by atoms with Crippen molar-refractivity contribution >= 4 is 15.9 Å². The number of rotatable bonds is 6. The van der Waals surface area contributed by atoms with Gasteiger partial charge in [-0.3, -0.25) is 0 Å². The predicted octanol–water partition coefficient (Wildman–Crippen LogP) is 4.02. The average molecular weight is 338 g/mol. The minimum Gasteiger partial charge on any atom is -0.380 e. The van der Waals surface area contributed by atoms with E-state index in [0.717, 1.165) is 10.0 Å². The van der Waals surface area contributed by atoms with Gasteiger partial charge in [0.25, 0.3) is 0 Å². The minimum absolute atomic E-state index is 0.184. The Kier molecular flexibility index (Phi) is 5.71. The first-order valence-electron chi connectivity index (χ1n) is 6.40. The first-order chi connectivity index (χ1) is 9.69. The Balaban J connectivity index is 1.87. The van der Waals surface area contributed by atoms with Gasteiger partial charge in [-0.25, -0.2) is 4.39 Å². The fourth-order valence-electron chi connectivity index (χ4n) is 1.94. The maximum Gasteiger partial charge on any atom is 0.127 e. The summed E-state index contributed by atoms with van der Waals surface area (Å²) in [7, 11) is 1.68. The number of halogens is 2. The monoisotopic (exact) mass is 337 g/mol. The van der Waals surface area contributed by atoms with Crippen LogP contribution in [0, 0.1) is 5.82 Å². The Hall–Kier alpha value is -1.23. The van der Waals surface area contributed by atoms with E-state index in [9.17, 15) is 4.39 Å². The van der Waals surface area contributed by atoms with E-state index in [4.69, 9.17) is 4.74 Å². The summed E-state index contributed by atoms with van der Waals surface area (Å²) in [5, 5.41) is 3.25. The van der Waals surface area contributed by atoms with Crippen molar-refractivity contribution in [1.82, 2.24) is 5.32 Å². The van der Waals surface area contributed by atoms with Crippen LogP contribution in [0.25, 0.3) is 0 Å². The van der Waals surface area contributed by atoms with Crippen molar-refractivity contribution in [3.8, 4) is 0 Å². The molecule has 0 amide bonds. The molecule has 106 valence electrons. The normalized spacial score (nSPS) is 10.8. The quantitative estimate of drug-likeness (QED) is 0.859. The largest absolute Gasteiger partial charge is 0.380 e. The summed E-state index contributed by atoms with van der Waals surface area (Å²) in [5.74, 6) is -0.184. The van der Waals surface area contributed by atoms with Crippen LogP contribution < -0.4 is 5.32 Å². The third kappa shape index (κ3) is 4.40. The number of benzene rings is 2. The number of methoxy groups -OCH3 is 1. The van der Waals surface area contributed by atoms with Gasteiger partial charge >= 0.3 is 0 Å². The molecule has 0 aliphatic rings. The SMILES string of the molecule is COCc1ccc(CNCc2cc(Br)ccc2F)cc1. The van der Waals surface area contributed by atoms with Crippen LogP contribution in [-0.4, -0.2) is 7.11 Å². The molecule has 2 aromatic rings. The van der Waals surface area contributed by atoms with E-state index in [1.165, 1.54) is 11.6 Å². The van der Waals surface area contributed by atoms with E-state index in [1.807, 2.05) is 12.1 Å². The Labute approximate surface area is 127 Å². The molecule has 0 radical (unpaired) electrons. The molecular weight excluding hydrogens is 321 g/mol. The van der Waals surface area contributed by atoms with Crippen LogP contribution in [0.3, 0.4) is 0 Å². The summed E-state index contributed by atoms with van der Waals surface area (Å²) in [6.45, 7) is 1.83. The molecule has 0 fully saturated rings. The smallest absolute Gasteiger partial charge is 0.127 e. The van der Waals surface area contributed by atoms with Crippen molar-refractivity contribution in [3.63, 3.8) is 0 Å². The Morgan fingerprint density at radius 2 is 1.75 bits per heavy atom. The topological polar surface area (TPSA) is 21.3 Å². The molecule has 0 saturated heterocycles. The van der Waals surface area contributed by atoms with Crippen LogP contribution >= 0.6 is 15.9 Å². The highest BCUT2D eigenvalue weighted by atomic mass is 79.9. The second-order valence-corrected chi connectivity index (χ2v) is 5.50. The van der Waals surface area contributed by atoms with Gasteiger partial charge in [-0.2, -0.15) is 0 Å². The van der Waals surface area contributed by atoms with Crippen LogP contribution in [0.15, 0.2) is 46.9 Å². The maximum absolute atomic E-state index is 13.6. The highest BCUT2D eigenvalue weighted by molar-refractivity contribution is 9.10. The van der Waals surface area contributed by atoms with Crippen LogP contribution in [0.5, 0.6) is 0 Å². The summed E-state index contributed by atoms with van der Waals surface area (Å²) in [6.07, 6.45) is 0. The molecule has 2 nitrogen and oxygen atoms in total. The minimum atomic E-state index is -0.184. The third-order valence-corrected chi connectivity index (χ3v) is 3.48. The van der Waals surface area contributed by atoms with E-state index in [2.05, 4.69) is 33.4 Å². The maximum atomic E-state index is 13.6. The zero-order valence-electron chi connectivity index (χ0n) is 11.3. The second-order valence-electron chi connectivity index (χ2n) is 4.59. The van der Waals surface area contributed by atoms with Gasteiger partial charge < -0.3 is 10.1 Å². The lowest BCUT2D eigenvalue weighted by atomic mass is 10.1. The molecule has 0 aromatic heterocycles. The molecule has 0 aliphatic carbocycles. The molecule has 2 aromatic carbocycles. The molecule has 0 spiro atoms. The van der Waals surface area contributed by atoms with Gasteiger partial charge in [0, 0.05) is 30.2 Å². The summed E-state index contributed by atoms with van der Waals surface area (Å²) < 4.78 is 19.5. The Bertz CT molecular complexity index is 557. The number of hydrogen-bond acceptors (Lipinski definition) is 2. The molecule has 0 saturated carbocycles. The molecule has 0 unspecified atom stereocenters. The van der Waals surface area contributed by atoms with Gasteiger partial charge in [0.05, 0.1) is 6.61 Å². The van der Waals surface area contributed by atoms with Crippen LogP contribution in [-0.2, 0) is 24.4 Å². The van der Waals surface area contributed by atoms with Crippen LogP contribution in [0.1, 0.15) is 16.7 Å². The number of nitrogens with one attached hydrogen (secondary N) is 1. The van der Waals surface area contributed by atoms with Crippen molar-refractivity contribution in [2.45, 2.75) is 19.7 Å². The van der Waals surface area contributed by atoms with Gasteiger partial charge in [0.1, 0.15) is 5.82 Å². The molecule has 0 atom stereocenters. The summed E-state index contributed by atoms with van der Waals surface area (Å²) in [4.78, 5) is 0. The lowest BCUT2D eigenvalue weighted by molar-refractivity contribution is 0.185. The molecule has 20 heavy (non-hydrogen) atoms. The molecule has 0 bridgehead atoms. The molecule has 0 heterocycles. The number of hydrogen-bond donors (Lipinski definition) is 1. The zero-order chi connectivity index (χ0) is 14.4. The summed E-state index contributed by atoms with van der Waals surface area (Å²) >= 11 is 3.35. The molecule has 4 heteroatoms. The van der Waals surface area contributed by atoms with Gasteiger partial charge in [-0.1, -0.05) is 40.2 Å². The van der Waals surface area contributed by atoms with E-state index in [0.29, 0.717) is 25.3 Å². The fourth-order valence-corrected chi connectivity index (χ4v) is 2.35. The van der Waals surface area contributed by atoms with Crippen LogP contribution in [0.4, 0.5) is 4.39 Å². The first-order valence-corrected chi connectivity index (χ1v) is 7.20. The molecule has 2 rings (SSSR count). The average Bonchev–Trinajstić information content (AvgIpc) is 2.45. The highest BCUT2D eigenvalue weighted by Crippen LogP contribution is 2.15. The third-order valence-electron chi connectivity index (χ3n) is 2.99. The van der Waals surface area contributed by atoms with Crippen molar-refractivity contribution in [2.24, 2.45) is 0 Å². The van der Waals surface area contributed by atoms with Crippen molar-refractivity contribution in [2.75, 3.05) is 7.11 Å². The Morgan fingerprint density at radius 3 is 2.45 bits per heavy atom. The van der Waals surface area contributed by atoms with Crippen molar-refractivity contribution in [3.05, 3.63) is 69.4 Å². The lowest BCUT2D eigenvalue weighted by Gasteiger charge is -2.07. The van der Waals surface area contributed by atoms with Crippen molar-refractivity contribution < 1.29 is 9.13 Å². The van der Waals surface area contributed by atoms with Crippen molar-refractivity contribution in [1.29, 1.82) is 0 Å². The van der Waals surface area contributed by atoms with E-state index >= 15 is 0 Å². The van der Waals surface area contributed by atoms with E-state index < -0.39 is 0 Å². The lowest BCUT2D eigenvalue weighted by Crippen LogP contribution is -2.13. The molecule has 1 N–H and O–H groups in total. The second kappa shape index (κ2) is 7.53. The number of ether oxygens (including phenoxy) is 1. The van der Waals surface area contributed by atoms with E-state index in [1.54, 1.807) is 19.2 Å². The van der Waals surface area contributed by atoms with Gasteiger partial charge in [-0.15, -0.1) is 0 Å². The predicted molar refractivity (Wildman–Crippen MR) is 81.8 cm³/mol. The summed E-state index contributed by atoms with van der Waals surface area (Å²) in [5.41, 5.74) is 2.98. The molecular formula is C16H17BrFNO. The van der Waals surface area contributed by atoms with Gasteiger partial charge in [0.15, 0.2) is 0 Å².